The summed E-state index contributed by atoms with van der Waals surface area (Å²) in [5.74, 6) is 0.977. The van der Waals surface area contributed by atoms with Crippen LogP contribution in [0.2, 0.25) is 0 Å². The zero-order valence-corrected chi connectivity index (χ0v) is 14.3. The molecule has 0 amide bonds. The van der Waals surface area contributed by atoms with Gasteiger partial charge in [0.25, 0.3) is 0 Å². The Kier molecular flexibility index (Phi) is 5.47. The summed E-state index contributed by atoms with van der Waals surface area (Å²) in [6.07, 6.45) is 2.35. The van der Waals surface area contributed by atoms with Crippen molar-refractivity contribution < 1.29 is 4.74 Å². The van der Waals surface area contributed by atoms with Crippen LogP contribution in [0, 0.1) is 0 Å². The van der Waals surface area contributed by atoms with E-state index in [1.165, 1.54) is 18.4 Å². The molecule has 1 N–H and O–H groups in total. The van der Waals surface area contributed by atoms with Crippen LogP contribution in [-0.4, -0.2) is 37.2 Å². The standard InChI is InChI=1S/C16H25BrN2O/c1-4-16(5-2)12-19(9-8-18-16)11-13-10-14(17)6-7-15(13)20-3/h6-7,10,18H,4-5,8-9,11-12H2,1-3H3. The second-order valence-corrected chi connectivity index (χ2v) is 6.50. The lowest BCUT2D eigenvalue weighted by atomic mass is 9.90. The number of hydrogen-bond donors (Lipinski definition) is 1. The molecule has 112 valence electrons. The number of nitrogens with zero attached hydrogens (tertiary/aromatic N) is 1. The molecule has 0 aliphatic carbocycles. The molecule has 0 atom stereocenters. The molecule has 0 saturated carbocycles. The van der Waals surface area contributed by atoms with E-state index in [-0.39, 0.29) is 5.54 Å². The van der Waals surface area contributed by atoms with E-state index in [1.54, 1.807) is 7.11 Å². The number of piperazine rings is 1. The minimum absolute atomic E-state index is 0.275. The van der Waals surface area contributed by atoms with Crippen LogP contribution in [0.5, 0.6) is 5.75 Å². The molecule has 3 nitrogen and oxygen atoms in total. The van der Waals surface area contributed by atoms with E-state index < -0.39 is 0 Å². The lowest BCUT2D eigenvalue weighted by molar-refractivity contribution is 0.117. The van der Waals surface area contributed by atoms with E-state index in [0.29, 0.717) is 0 Å². The van der Waals surface area contributed by atoms with Crippen molar-refractivity contribution in [3.05, 3.63) is 28.2 Å². The van der Waals surface area contributed by atoms with Gasteiger partial charge in [0.05, 0.1) is 7.11 Å². The van der Waals surface area contributed by atoms with Crippen molar-refractivity contribution in [1.29, 1.82) is 0 Å². The number of methoxy groups -OCH3 is 1. The molecule has 1 aliphatic rings. The summed E-state index contributed by atoms with van der Waals surface area (Å²) in [5, 5.41) is 3.71. The Morgan fingerprint density at radius 3 is 2.75 bits per heavy atom. The highest BCUT2D eigenvalue weighted by atomic mass is 79.9. The van der Waals surface area contributed by atoms with E-state index in [1.807, 2.05) is 12.1 Å². The predicted octanol–water partition coefficient (Wildman–Crippen LogP) is 3.42. The average Bonchev–Trinajstić information content (AvgIpc) is 2.47. The first-order chi connectivity index (χ1) is 9.62. The maximum atomic E-state index is 5.48. The van der Waals surface area contributed by atoms with Crippen molar-refractivity contribution in [1.82, 2.24) is 10.2 Å². The van der Waals surface area contributed by atoms with Gasteiger partial charge in [-0.3, -0.25) is 4.90 Å². The lowest BCUT2D eigenvalue weighted by Crippen LogP contribution is -2.59. The third-order valence-electron chi connectivity index (χ3n) is 4.44. The van der Waals surface area contributed by atoms with Crippen molar-refractivity contribution in [3.63, 3.8) is 0 Å². The van der Waals surface area contributed by atoms with Crippen LogP contribution in [0.4, 0.5) is 0 Å². The van der Waals surface area contributed by atoms with Gasteiger partial charge >= 0.3 is 0 Å². The number of rotatable bonds is 5. The first-order valence-corrected chi connectivity index (χ1v) is 8.21. The zero-order chi connectivity index (χ0) is 14.6. The van der Waals surface area contributed by atoms with Gasteiger partial charge in [0.2, 0.25) is 0 Å². The van der Waals surface area contributed by atoms with Gasteiger partial charge in [0, 0.05) is 41.8 Å². The number of ether oxygens (including phenoxy) is 1. The van der Waals surface area contributed by atoms with Crippen molar-refractivity contribution in [2.75, 3.05) is 26.7 Å². The Labute approximate surface area is 130 Å². The molecule has 1 aliphatic heterocycles. The van der Waals surface area contributed by atoms with Crippen molar-refractivity contribution >= 4 is 15.9 Å². The Balaban J connectivity index is 2.11. The maximum absolute atomic E-state index is 5.48. The third kappa shape index (κ3) is 3.54. The van der Waals surface area contributed by atoms with Crippen LogP contribution >= 0.6 is 15.9 Å². The first kappa shape index (κ1) is 15.8. The van der Waals surface area contributed by atoms with Crippen LogP contribution in [0.1, 0.15) is 32.3 Å². The molecule has 0 aromatic heterocycles. The van der Waals surface area contributed by atoms with Gasteiger partial charge in [0.1, 0.15) is 5.75 Å². The SMILES string of the molecule is CCC1(CC)CN(Cc2cc(Br)ccc2OC)CCN1. The van der Waals surface area contributed by atoms with Crippen LogP contribution in [0.25, 0.3) is 0 Å². The number of benzene rings is 1. The van der Waals surface area contributed by atoms with Gasteiger partial charge in [-0.1, -0.05) is 29.8 Å². The Morgan fingerprint density at radius 2 is 2.10 bits per heavy atom. The van der Waals surface area contributed by atoms with Crippen molar-refractivity contribution in [2.24, 2.45) is 0 Å². The summed E-state index contributed by atoms with van der Waals surface area (Å²) in [6.45, 7) is 8.77. The summed E-state index contributed by atoms with van der Waals surface area (Å²) in [4.78, 5) is 2.54. The fourth-order valence-electron chi connectivity index (χ4n) is 3.01. The van der Waals surface area contributed by atoms with Crippen molar-refractivity contribution in [3.8, 4) is 5.75 Å². The zero-order valence-electron chi connectivity index (χ0n) is 12.7. The Morgan fingerprint density at radius 1 is 1.35 bits per heavy atom. The summed E-state index contributed by atoms with van der Waals surface area (Å²) < 4.78 is 6.60. The van der Waals surface area contributed by atoms with E-state index in [2.05, 4.69) is 46.1 Å². The van der Waals surface area contributed by atoms with Gasteiger partial charge in [0.15, 0.2) is 0 Å². The summed E-state index contributed by atoms with van der Waals surface area (Å²) in [6, 6.07) is 6.23. The molecule has 4 heteroatoms. The summed E-state index contributed by atoms with van der Waals surface area (Å²) >= 11 is 3.55. The van der Waals surface area contributed by atoms with Crippen molar-refractivity contribution in [2.45, 2.75) is 38.8 Å². The van der Waals surface area contributed by atoms with E-state index >= 15 is 0 Å². The molecule has 0 bridgehead atoms. The van der Waals surface area contributed by atoms with E-state index in [4.69, 9.17) is 4.74 Å². The Hall–Kier alpha value is -0.580. The predicted molar refractivity (Wildman–Crippen MR) is 87.3 cm³/mol. The van der Waals surface area contributed by atoms with E-state index in [0.717, 1.165) is 36.4 Å². The highest BCUT2D eigenvalue weighted by Crippen LogP contribution is 2.27. The molecule has 1 saturated heterocycles. The largest absolute Gasteiger partial charge is 0.496 e. The molecular weight excluding hydrogens is 316 g/mol. The lowest BCUT2D eigenvalue weighted by Gasteiger charge is -2.43. The van der Waals surface area contributed by atoms with Gasteiger partial charge in [-0.2, -0.15) is 0 Å². The fraction of sp³-hybridized carbons (Fsp3) is 0.625. The van der Waals surface area contributed by atoms with Crippen LogP contribution in [0.15, 0.2) is 22.7 Å². The van der Waals surface area contributed by atoms with E-state index in [9.17, 15) is 0 Å². The minimum atomic E-state index is 0.275. The molecule has 1 fully saturated rings. The summed E-state index contributed by atoms with van der Waals surface area (Å²) in [7, 11) is 1.74. The first-order valence-electron chi connectivity index (χ1n) is 7.42. The fourth-order valence-corrected chi connectivity index (χ4v) is 3.42. The second kappa shape index (κ2) is 6.92. The van der Waals surface area contributed by atoms with Gasteiger partial charge in [-0.25, -0.2) is 0 Å². The molecule has 20 heavy (non-hydrogen) atoms. The molecule has 1 aromatic carbocycles. The molecule has 1 aromatic rings. The highest BCUT2D eigenvalue weighted by molar-refractivity contribution is 9.10. The molecule has 2 rings (SSSR count). The second-order valence-electron chi connectivity index (χ2n) is 5.58. The molecule has 0 radical (unpaired) electrons. The topological polar surface area (TPSA) is 24.5 Å². The Bertz CT molecular complexity index is 446. The van der Waals surface area contributed by atoms with Gasteiger partial charge in [-0.05, 0) is 31.0 Å². The monoisotopic (exact) mass is 340 g/mol. The number of hydrogen-bond acceptors (Lipinski definition) is 3. The number of nitrogens with one attached hydrogen (secondary N) is 1. The van der Waals surface area contributed by atoms with Gasteiger partial charge in [-0.15, -0.1) is 0 Å². The highest BCUT2D eigenvalue weighted by Gasteiger charge is 2.31. The molecule has 0 unspecified atom stereocenters. The summed E-state index contributed by atoms with van der Waals surface area (Å²) in [5.41, 5.74) is 1.53. The maximum Gasteiger partial charge on any atom is 0.123 e. The van der Waals surface area contributed by atoms with Crippen LogP contribution in [0.3, 0.4) is 0 Å². The van der Waals surface area contributed by atoms with Gasteiger partial charge < -0.3 is 10.1 Å². The average molecular weight is 341 g/mol. The molecule has 0 spiro atoms. The minimum Gasteiger partial charge on any atom is -0.496 e. The number of halogens is 1. The quantitative estimate of drug-likeness (QED) is 0.888. The van der Waals surface area contributed by atoms with Crippen LogP contribution in [-0.2, 0) is 6.54 Å². The molecule has 1 heterocycles. The molecular formula is C16H25BrN2O. The normalized spacial score (nSPS) is 19.0. The smallest absolute Gasteiger partial charge is 0.123 e. The third-order valence-corrected chi connectivity index (χ3v) is 4.94. The van der Waals surface area contributed by atoms with Crippen LogP contribution < -0.4 is 10.1 Å².